The topological polar surface area (TPSA) is 38.0 Å². The number of rotatable bonds is 8. The van der Waals surface area contributed by atoms with E-state index in [1.165, 1.54) is 103 Å². The Balaban J connectivity index is 0.745. The molecular formula is C46H76N2S. The highest BCUT2D eigenvalue weighted by atomic mass is 32.2. The molecule has 2 nitrogen and oxygen atoms in total. The molecule has 0 aromatic rings. The number of nitrogens with one attached hydrogen (secondary N) is 1. The molecule has 276 valence electrons. The van der Waals surface area contributed by atoms with Crippen LogP contribution < -0.4 is 11.1 Å². The molecule has 10 fully saturated rings. The fourth-order valence-corrected chi connectivity index (χ4v) is 19.0. The highest BCUT2D eigenvalue weighted by Gasteiger charge is 2.68. The van der Waals surface area contributed by atoms with Gasteiger partial charge in [-0.15, -0.1) is 0 Å². The molecule has 9 saturated carbocycles. The summed E-state index contributed by atoms with van der Waals surface area (Å²) >= 11 is 2.63. The van der Waals surface area contributed by atoms with E-state index in [0.29, 0.717) is 0 Å². The number of hydrogen-bond acceptors (Lipinski definition) is 3. The van der Waals surface area contributed by atoms with Crippen LogP contribution in [0.15, 0.2) is 0 Å². The number of fused-ring (bicyclic) bond motifs is 5. The molecule has 0 spiro atoms. The number of hydrogen-bond donors (Lipinski definition) is 2. The van der Waals surface area contributed by atoms with Crippen molar-refractivity contribution in [3.05, 3.63) is 0 Å². The van der Waals surface area contributed by atoms with Gasteiger partial charge in [-0.2, -0.15) is 11.8 Å². The van der Waals surface area contributed by atoms with Crippen LogP contribution in [0.4, 0.5) is 0 Å². The third-order valence-corrected chi connectivity index (χ3v) is 21.0. The standard InChI is InChI=1S/C46H76N2S/c47-46(34-16-9-15-33(25-34)31-23-21-30(22-24-31)29-11-3-1-4-12-29)27-35(46)28-48-41-20-8-7-17-37(41)42-39-26-40(39)43-38-19-10-18-36(44(38)49-45(42)43)32-13-5-2-6-14-32/h29-45,48H,1-28,47H2/t30?,31?,33?,34?,35-,36?,37?,38?,39+,40?,41?,42?,43?,44?,45?,46-/m1/s1. The number of thioether (sulfide) groups is 1. The molecular weight excluding hydrogens is 613 g/mol. The normalized spacial score (nSPS) is 53.4. The van der Waals surface area contributed by atoms with Gasteiger partial charge in [0.15, 0.2) is 0 Å². The van der Waals surface area contributed by atoms with Crippen LogP contribution in [-0.4, -0.2) is 28.6 Å². The molecule has 0 aromatic carbocycles. The smallest absolute Gasteiger partial charge is 0.0228 e. The predicted molar refractivity (Wildman–Crippen MR) is 207 cm³/mol. The van der Waals surface area contributed by atoms with Gasteiger partial charge in [0.05, 0.1) is 0 Å². The summed E-state index contributed by atoms with van der Waals surface area (Å²) in [5, 5.41) is 6.44. The molecule has 0 amide bonds. The summed E-state index contributed by atoms with van der Waals surface area (Å²) < 4.78 is 0. The van der Waals surface area contributed by atoms with Gasteiger partial charge in [-0.1, -0.05) is 96.3 Å². The van der Waals surface area contributed by atoms with Gasteiger partial charge in [-0.3, -0.25) is 0 Å². The third kappa shape index (κ3) is 6.38. The van der Waals surface area contributed by atoms with Crippen LogP contribution in [0.2, 0.25) is 0 Å². The number of nitrogens with two attached hydrogens (primary N) is 1. The second kappa shape index (κ2) is 14.2. The van der Waals surface area contributed by atoms with E-state index in [1.54, 1.807) is 77.0 Å². The van der Waals surface area contributed by atoms with Crippen LogP contribution in [0.25, 0.3) is 0 Å². The Morgan fingerprint density at radius 2 is 1.04 bits per heavy atom. The Hall–Kier alpha value is 0.270. The van der Waals surface area contributed by atoms with Crippen molar-refractivity contribution in [1.82, 2.24) is 5.32 Å². The minimum Gasteiger partial charge on any atom is -0.325 e. The largest absolute Gasteiger partial charge is 0.325 e. The molecule has 0 bridgehead atoms. The van der Waals surface area contributed by atoms with Crippen LogP contribution in [-0.2, 0) is 0 Å². The summed E-state index contributed by atoms with van der Waals surface area (Å²) in [5.74, 6) is 14.4. The maximum Gasteiger partial charge on any atom is 0.0228 e. The van der Waals surface area contributed by atoms with E-state index in [2.05, 4.69) is 17.1 Å². The molecule has 1 saturated heterocycles. The summed E-state index contributed by atoms with van der Waals surface area (Å²) in [5.41, 5.74) is 7.61. The maximum absolute atomic E-state index is 7.45. The van der Waals surface area contributed by atoms with Crippen LogP contribution in [0, 0.1) is 82.9 Å². The molecule has 1 aliphatic heterocycles. The zero-order valence-corrected chi connectivity index (χ0v) is 32.4. The van der Waals surface area contributed by atoms with Gasteiger partial charge in [0, 0.05) is 28.6 Å². The van der Waals surface area contributed by atoms with Crippen molar-refractivity contribution in [2.75, 3.05) is 6.54 Å². The lowest BCUT2D eigenvalue weighted by Gasteiger charge is -2.42. The minimum atomic E-state index is 0.167. The van der Waals surface area contributed by atoms with Gasteiger partial charge in [-0.25, -0.2) is 0 Å². The van der Waals surface area contributed by atoms with E-state index in [-0.39, 0.29) is 5.54 Å². The van der Waals surface area contributed by atoms with Crippen molar-refractivity contribution in [1.29, 1.82) is 0 Å². The average Bonchev–Trinajstić information content (AvgIpc) is 4.01. The van der Waals surface area contributed by atoms with Crippen LogP contribution in [0.1, 0.15) is 173 Å². The van der Waals surface area contributed by atoms with Gasteiger partial charge < -0.3 is 11.1 Å². The molecule has 10 rings (SSSR count). The zero-order chi connectivity index (χ0) is 32.5. The first-order valence-corrected chi connectivity index (χ1v) is 24.3. The summed E-state index contributed by atoms with van der Waals surface area (Å²) in [6, 6.07) is 0.791. The first kappa shape index (κ1) is 33.8. The van der Waals surface area contributed by atoms with E-state index >= 15 is 0 Å². The van der Waals surface area contributed by atoms with Crippen molar-refractivity contribution in [3.8, 4) is 0 Å². The Labute approximate surface area is 306 Å². The molecule has 10 aliphatic rings. The van der Waals surface area contributed by atoms with Crippen molar-refractivity contribution >= 4 is 11.8 Å². The Morgan fingerprint density at radius 1 is 0.469 bits per heavy atom. The monoisotopic (exact) mass is 689 g/mol. The Morgan fingerprint density at radius 3 is 1.82 bits per heavy atom. The van der Waals surface area contributed by atoms with Crippen molar-refractivity contribution < 1.29 is 0 Å². The summed E-state index contributed by atoms with van der Waals surface area (Å²) in [4.78, 5) is 0. The van der Waals surface area contributed by atoms with Crippen molar-refractivity contribution in [2.24, 2.45) is 88.6 Å². The fraction of sp³-hybridized carbons (Fsp3) is 1.00. The highest BCUT2D eigenvalue weighted by molar-refractivity contribution is 8.00. The molecule has 14 atom stereocenters. The van der Waals surface area contributed by atoms with Gasteiger partial charge in [0.25, 0.3) is 0 Å². The molecule has 3 heteroatoms. The lowest BCUT2D eigenvalue weighted by atomic mass is 9.64. The van der Waals surface area contributed by atoms with Crippen LogP contribution in [0.5, 0.6) is 0 Å². The van der Waals surface area contributed by atoms with Crippen molar-refractivity contribution in [3.63, 3.8) is 0 Å². The lowest BCUT2D eigenvalue weighted by Crippen LogP contribution is -2.47. The molecule has 9 aliphatic carbocycles. The molecule has 3 N–H and O–H groups in total. The van der Waals surface area contributed by atoms with E-state index in [4.69, 9.17) is 5.73 Å². The van der Waals surface area contributed by atoms with Crippen LogP contribution in [0.3, 0.4) is 0 Å². The highest BCUT2D eigenvalue weighted by Crippen LogP contribution is 2.73. The second-order valence-corrected chi connectivity index (χ2v) is 22.5. The predicted octanol–water partition coefficient (Wildman–Crippen LogP) is 11.4. The molecule has 0 aromatic heterocycles. The van der Waals surface area contributed by atoms with E-state index < -0.39 is 0 Å². The summed E-state index contributed by atoms with van der Waals surface area (Å²) in [6.45, 7) is 1.24. The first-order chi connectivity index (χ1) is 24.2. The first-order valence-electron chi connectivity index (χ1n) is 23.3. The Kier molecular flexibility index (Phi) is 9.77. The van der Waals surface area contributed by atoms with Gasteiger partial charge in [-0.05, 0) is 160 Å². The van der Waals surface area contributed by atoms with Gasteiger partial charge in [0.2, 0.25) is 0 Å². The average molecular weight is 689 g/mol. The van der Waals surface area contributed by atoms with E-state index in [0.717, 1.165) is 99.4 Å². The molecule has 0 radical (unpaired) electrons. The van der Waals surface area contributed by atoms with E-state index in [1.807, 2.05) is 0 Å². The maximum atomic E-state index is 7.45. The summed E-state index contributed by atoms with van der Waals surface area (Å²) in [6.07, 6.45) is 41.1. The van der Waals surface area contributed by atoms with Crippen LogP contribution >= 0.6 is 11.8 Å². The third-order valence-electron chi connectivity index (χ3n) is 19.0. The minimum absolute atomic E-state index is 0.167. The molecule has 49 heavy (non-hydrogen) atoms. The SMILES string of the molecule is N[C@@]1(C2CCCC(C3CCC(C4CCCCC4)CC3)C2)C[C@@H]1CNC1CCCCC1C1C2SC3C(C4CCCCC4)CCCC3C2C2C[C@@H]21. The summed E-state index contributed by atoms with van der Waals surface area (Å²) in [7, 11) is 0. The second-order valence-electron chi connectivity index (χ2n) is 21.1. The Bertz CT molecular complexity index is 1120. The molecule has 1 heterocycles. The quantitative estimate of drug-likeness (QED) is 0.267. The molecule has 11 unspecified atom stereocenters. The van der Waals surface area contributed by atoms with Gasteiger partial charge >= 0.3 is 0 Å². The van der Waals surface area contributed by atoms with Crippen molar-refractivity contribution in [2.45, 2.75) is 195 Å². The fourth-order valence-electron chi connectivity index (χ4n) is 16.4. The van der Waals surface area contributed by atoms with Gasteiger partial charge in [0.1, 0.15) is 0 Å². The van der Waals surface area contributed by atoms with E-state index in [9.17, 15) is 0 Å². The lowest BCUT2D eigenvalue weighted by molar-refractivity contribution is 0.0984. The zero-order valence-electron chi connectivity index (χ0n) is 31.6.